The fourth-order valence-electron chi connectivity index (χ4n) is 1.20. The van der Waals surface area contributed by atoms with Crippen LogP contribution in [-0.2, 0) is 4.74 Å². The SMILES string of the molecule is CCOCCOc1cc(C#CCN)ccc1F. The molecule has 0 aliphatic heterocycles. The first-order chi connectivity index (χ1) is 8.27. The van der Waals surface area contributed by atoms with E-state index in [2.05, 4.69) is 11.8 Å². The van der Waals surface area contributed by atoms with Gasteiger partial charge in [0.15, 0.2) is 11.6 Å². The highest BCUT2D eigenvalue weighted by molar-refractivity contribution is 5.40. The van der Waals surface area contributed by atoms with E-state index in [4.69, 9.17) is 15.2 Å². The summed E-state index contributed by atoms with van der Waals surface area (Å²) in [6, 6.07) is 4.48. The molecule has 0 atom stereocenters. The molecule has 0 aliphatic carbocycles. The summed E-state index contributed by atoms with van der Waals surface area (Å²) in [6.07, 6.45) is 0. The van der Waals surface area contributed by atoms with Crippen molar-refractivity contribution in [2.75, 3.05) is 26.4 Å². The third-order valence-electron chi connectivity index (χ3n) is 1.96. The van der Waals surface area contributed by atoms with Gasteiger partial charge in [0.2, 0.25) is 0 Å². The summed E-state index contributed by atoms with van der Waals surface area (Å²) in [7, 11) is 0. The molecule has 1 aromatic carbocycles. The van der Waals surface area contributed by atoms with Gasteiger partial charge in [-0.3, -0.25) is 0 Å². The van der Waals surface area contributed by atoms with Crippen molar-refractivity contribution in [2.24, 2.45) is 5.73 Å². The molecule has 0 saturated heterocycles. The van der Waals surface area contributed by atoms with Crippen LogP contribution in [-0.4, -0.2) is 26.4 Å². The zero-order chi connectivity index (χ0) is 12.5. The van der Waals surface area contributed by atoms with Crippen molar-refractivity contribution in [3.8, 4) is 17.6 Å². The molecule has 0 saturated carbocycles. The summed E-state index contributed by atoms with van der Waals surface area (Å²) in [5, 5.41) is 0. The first kappa shape index (κ1) is 13.5. The van der Waals surface area contributed by atoms with Crippen LogP contribution in [0.2, 0.25) is 0 Å². The molecule has 0 fully saturated rings. The van der Waals surface area contributed by atoms with E-state index in [9.17, 15) is 4.39 Å². The Morgan fingerprint density at radius 3 is 2.88 bits per heavy atom. The van der Waals surface area contributed by atoms with Gasteiger partial charge in [-0.2, -0.15) is 0 Å². The van der Waals surface area contributed by atoms with E-state index >= 15 is 0 Å². The molecule has 0 aliphatic rings. The van der Waals surface area contributed by atoms with Crippen LogP contribution in [0.5, 0.6) is 5.75 Å². The Morgan fingerprint density at radius 2 is 2.18 bits per heavy atom. The van der Waals surface area contributed by atoms with Gasteiger partial charge in [-0.25, -0.2) is 4.39 Å². The van der Waals surface area contributed by atoms with E-state index in [1.807, 2.05) is 6.92 Å². The predicted octanol–water partition coefficient (Wildman–Crippen LogP) is 1.55. The maximum Gasteiger partial charge on any atom is 0.165 e. The monoisotopic (exact) mass is 237 g/mol. The lowest BCUT2D eigenvalue weighted by molar-refractivity contribution is 0.108. The third kappa shape index (κ3) is 4.85. The minimum atomic E-state index is -0.403. The van der Waals surface area contributed by atoms with E-state index in [0.717, 1.165) is 0 Å². The second-order valence-electron chi connectivity index (χ2n) is 3.20. The normalized spacial score (nSPS) is 9.59. The number of rotatable bonds is 5. The Labute approximate surface area is 101 Å². The predicted molar refractivity (Wildman–Crippen MR) is 64.3 cm³/mol. The first-order valence-electron chi connectivity index (χ1n) is 5.47. The second-order valence-corrected chi connectivity index (χ2v) is 3.20. The summed E-state index contributed by atoms with van der Waals surface area (Å²) >= 11 is 0. The number of benzene rings is 1. The van der Waals surface area contributed by atoms with Gasteiger partial charge in [-0.1, -0.05) is 11.8 Å². The van der Waals surface area contributed by atoms with Crippen molar-refractivity contribution in [1.82, 2.24) is 0 Å². The number of ether oxygens (including phenoxy) is 2. The van der Waals surface area contributed by atoms with Gasteiger partial charge in [-0.05, 0) is 25.1 Å². The zero-order valence-electron chi connectivity index (χ0n) is 9.83. The van der Waals surface area contributed by atoms with E-state index in [1.54, 1.807) is 12.1 Å². The minimum absolute atomic E-state index is 0.188. The summed E-state index contributed by atoms with van der Waals surface area (Å²) in [6.45, 7) is 3.54. The quantitative estimate of drug-likeness (QED) is 0.624. The molecule has 0 unspecified atom stereocenters. The number of hydrogen-bond acceptors (Lipinski definition) is 3. The van der Waals surface area contributed by atoms with E-state index in [-0.39, 0.29) is 12.3 Å². The average molecular weight is 237 g/mol. The van der Waals surface area contributed by atoms with Gasteiger partial charge in [0.25, 0.3) is 0 Å². The van der Waals surface area contributed by atoms with Crippen molar-refractivity contribution in [2.45, 2.75) is 6.92 Å². The molecule has 1 aromatic rings. The largest absolute Gasteiger partial charge is 0.488 e. The Bertz CT molecular complexity index is 410. The van der Waals surface area contributed by atoms with Crippen LogP contribution in [0.25, 0.3) is 0 Å². The lowest BCUT2D eigenvalue weighted by Crippen LogP contribution is -2.07. The molecule has 0 bridgehead atoms. The standard InChI is InChI=1S/C13H16FNO2/c1-2-16-8-9-17-13-10-11(4-3-7-15)5-6-12(13)14/h5-6,10H,2,7-9,15H2,1H3. The minimum Gasteiger partial charge on any atom is -0.488 e. The molecule has 17 heavy (non-hydrogen) atoms. The summed E-state index contributed by atoms with van der Waals surface area (Å²) in [5.41, 5.74) is 5.95. The average Bonchev–Trinajstić information content (AvgIpc) is 2.35. The van der Waals surface area contributed by atoms with Crippen LogP contribution in [0.1, 0.15) is 12.5 Å². The maximum absolute atomic E-state index is 13.4. The summed E-state index contributed by atoms with van der Waals surface area (Å²) in [5.74, 6) is 5.31. The number of hydrogen-bond donors (Lipinski definition) is 1. The molecule has 0 aromatic heterocycles. The topological polar surface area (TPSA) is 44.5 Å². The zero-order valence-corrected chi connectivity index (χ0v) is 9.83. The molecule has 3 nitrogen and oxygen atoms in total. The first-order valence-corrected chi connectivity index (χ1v) is 5.47. The van der Waals surface area contributed by atoms with Gasteiger partial charge < -0.3 is 15.2 Å². The van der Waals surface area contributed by atoms with Crippen LogP contribution in [0.3, 0.4) is 0 Å². The molecule has 2 N–H and O–H groups in total. The number of halogens is 1. The van der Waals surface area contributed by atoms with E-state index < -0.39 is 5.82 Å². The Hall–Kier alpha value is -1.57. The maximum atomic E-state index is 13.4. The van der Waals surface area contributed by atoms with Crippen molar-refractivity contribution >= 4 is 0 Å². The molecule has 1 rings (SSSR count). The van der Waals surface area contributed by atoms with Crippen LogP contribution >= 0.6 is 0 Å². The van der Waals surface area contributed by atoms with Crippen molar-refractivity contribution in [1.29, 1.82) is 0 Å². The Kier molecular flexibility index (Phi) is 6.08. The lowest BCUT2D eigenvalue weighted by atomic mass is 10.2. The molecule has 92 valence electrons. The molecule has 0 amide bonds. The van der Waals surface area contributed by atoms with Crippen LogP contribution < -0.4 is 10.5 Å². The molecular weight excluding hydrogens is 221 g/mol. The lowest BCUT2D eigenvalue weighted by Gasteiger charge is -2.07. The highest BCUT2D eigenvalue weighted by Crippen LogP contribution is 2.18. The van der Waals surface area contributed by atoms with Gasteiger partial charge >= 0.3 is 0 Å². The highest BCUT2D eigenvalue weighted by Gasteiger charge is 2.03. The molecular formula is C13H16FNO2. The molecule has 0 radical (unpaired) electrons. The fourth-order valence-corrected chi connectivity index (χ4v) is 1.20. The van der Waals surface area contributed by atoms with Crippen LogP contribution in [0.15, 0.2) is 18.2 Å². The Balaban J connectivity index is 2.63. The molecule has 4 heteroatoms. The Morgan fingerprint density at radius 1 is 1.35 bits per heavy atom. The van der Waals surface area contributed by atoms with Gasteiger partial charge in [-0.15, -0.1) is 0 Å². The second kappa shape index (κ2) is 7.66. The van der Waals surface area contributed by atoms with E-state index in [0.29, 0.717) is 25.4 Å². The van der Waals surface area contributed by atoms with Gasteiger partial charge in [0.1, 0.15) is 6.61 Å². The van der Waals surface area contributed by atoms with E-state index in [1.165, 1.54) is 6.07 Å². The molecule has 0 spiro atoms. The summed E-state index contributed by atoms with van der Waals surface area (Å²) in [4.78, 5) is 0. The van der Waals surface area contributed by atoms with Gasteiger partial charge in [0, 0.05) is 12.2 Å². The van der Waals surface area contributed by atoms with Crippen LogP contribution in [0, 0.1) is 17.7 Å². The smallest absolute Gasteiger partial charge is 0.165 e. The third-order valence-corrected chi connectivity index (χ3v) is 1.96. The highest BCUT2D eigenvalue weighted by atomic mass is 19.1. The van der Waals surface area contributed by atoms with Crippen molar-refractivity contribution < 1.29 is 13.9 Å². The van der Waals surface area contributed by atoms with Crippen molar-refractivity contribution in [3.05, 3.63) is 29.6 Å². The fraction of sp³-hybridized carbons (Fsp3) is 0.385. The van der Waals surface area contributed by atoms with Gasteiger partial charge in [0.05, 0.1) is 13.2 Å². The molecule has 0 heterocycles. The van der Waals surface area contributed by atoms with Crippen molar-refractivity contribution in [3.63, 3.8) is 0 Å². The summed E-state index contributed by atoms with van der Waals surface area (Å²) < 4.78 is 23.7. The number of nitrogens with two attached hydrogens (primary N) is 1. The van der Waals surface area contributed by atoms with Crippen LogP contribution in [0.4, 0.5) is 4.39 Å².